The van der Waals surface area contributed by atoms with E-state index in [0.29, 0.717) is 12.1 Å². The summed E-state index contributed by atoms with van der Waals surface area (Å²) in [4.78, 5) is 25.9. The monoisotopic (exact) mass is 542 g/mol. The maximum atomic E-state index is 14.3. The second kappa shape index (κ2) is 11.1. The first-order chi connectivity index (χ1) is 18.7. The normalized spacial score (nSPS) is 14.4. The number of rotatable bonds is 9. The van der Waals surface area contributed by atoms with Crippen molar-refractivity contribution in [1.82, 2.24) is 24.4 Å². The van der Waals surface area contributed by atoms with Crippen molar-refractivity contribution in [2.45, 2.75) is 32.1 Å². The molecule has 12 heteroatoms. The number of nitrogens with two attached hydrogens (primary N) is 1. The third-order valence-electron chi connectivity index (χ3n) is 6.72. The van der Waals surface area contributed by atoms with Gasteiger partial charge in [0, 0.05) is 13.7 Å². The van der Waals surface area contributed by atoms with Gasteiger partial charge in [-0.2, -0.15) is 23.1 Å². The Hall–Kier alpha value is -3.90. The Morgan fingerprint density at radius 2 is 1.79 bits per heavy atom. The molecule has 0 aliphatic carbocycles. The van der Waals surface area contributed by atoms with E-state index in [1.807, 2.05) is 12.1 Å². The predicted molar refractivity (Wildman–Crippen MR) is 140 cm³/mol. The van der Waals surface area contributed by atoms with Crippen LogP contribution < -0.4 is 16.2 Å². The van der Waals surface area contributed by atoms with E-state index >= 15 is 0 Å². The van der Waals surface area contributed by atoms with Gasteiger partial charge >= 0.3 is 17.9 Å². The lowest BCUT2D eigenvalue weighted by atomic mass is 9.95. The standard InChI is InChI=1S/C27H29F3N6O3/c1-38-11-12-39-25-33-23(31)22-24(34-25)36(26(37)32-22)16-18-7-8-20(21(14-18)27(28,29)30)19-6-4-5-17(13-19)15-35-9-2-3-10-35/h4-8,13-14H,2-3,9-12,15-16H2,1H3,(H,32,37)(H2,31,33,34). The zero-order valence-electron chi connectivity index (χ0n) is 21.4. The van der Waals surface area contributed by atoms with Gasteiger partial charge in [0.15, 0.2) is 11.5 Å². The summed E-state index contributed by atoms with van der Waals surface area (Å²) in [7, 11) is 1.51. The van der Waals surface area contributed by atoms with Gasteiger partial charge in [0.25, 0.3) is 0 Å². The molecule has 3 N–H and O–H groups in total. The first kappa shape index (κ1) is 26.7. The van der Waals surface area contributed by atoms with Gasteiger partial charge in [-0.15, -0.1) is 0 Å². The van der Waals surface area contributed by atoms with Gasteiger partial charge in [0.05, 0.1) is 18.7 Å². The number of alkyl halides is 3. The molecule has 0 bridgehead atoms. The van der Waals surface area contributed by atoms with E-state index in [-0.39, 0.29) is 53.9 Å². The minimum Gasteiger partial charge on any atom is -0.461 e. The minimum absolute atomic E-state index is 0.0107. The van der Waals surface area contributed by atoms with Crippen LogP contribution in [-0.4, -0.2) is 57.8 Å². The molecule has 39 heavy (non-hydrogen) atoms. The zero-order valence-corrected chi connectivity index (χ0v) is 21.4. The summed E-state index contributed by atoms with van der Waals surface area (Å²) in [5.41, 5.74) is 6.76. The third kappa shape index (κ3) is 5.91. The molecular weight excluding hydrogens is 513 g/mol. The van der Waals surface area contributed by atoms with Crippen LogP contribution in [0.2, 0.25) is 0 Å². The molecule has 0 radical (unpaired) electrons. The van der Waals surface area contributed by atoms with Crippen molar-refractivity contribution in [3.8, 4) is 17.1 Å². The van der Waals surface area contributed by atoms with Crippen molar-refractivity contribution < 1.29 is 22.6 Å². The van der Waals surface area contributed by atoms with Gasteiger partial charge < -0.3 is 20.2 Å². The summed E-state index contributed by atoms with van der Waals surface area (Å²) in [6.07, 6.45) is -2.32. The molecule has 5 rings (SSSR count). The second-order valence-electron chi connectivity index (χ2n) is 9.51. The Labute approximate surface area is 222 Å². The lowest BCUT2D eigenvalue weighted by molar-refractivity contribution is -0.137. The largest absolute Gasteiger partial charge is 0.461 e. The maximum absolute atomic E-state index is 14.3. The van der Waals surface area contributed by atoms with Gasteiger partial charge in [-0.25, -0.2) is 4.79 Å². The van der Waals surface area contributed by atoms with E-state index in [1.165, 1.54) is 17.7 Å². The van der Waals surface area contributed by atoms with Crippen LogP contribution in [0.15, 0.2) is 47.3 Å². The van der Waals surface area contributed by atoms with E-state index in [2.05, 4.69) is 19.9 Å². The summed E-state index contributed by atoms with van der Waals surface area (Å²) in [5, 5.41) is 0. The minimum atomic E-state index is -4.60. The molecular formula is C27H29F3N6O3. The van der Waals surface area contributed by atoms with Crippen molar-refractivity contribution in [1.29, 1.82) is 0 Å². The number of fused-ring (bicyclic) bond motifs is 1. The van der Waals surface area contributed by atoms with Gasteiger partial charge in [0.2, 0.25) is 0 Å². The van der Waals surface area contributed by atoms with E-state index in [9.17, 15) is 18.0 Å². The lowest BCUT2D eigenvalue weighted by Gasteiger charge is -2.18. The van der Waals surface area contributed by atoms with Crippen LogP contribution in [0.4, 0.5) is 19.0 Å². The summed E-state index contributed by atoms with van der Waals surface area (Å²) >= 11 is 0. The third-order valence-corrected chi connectivity index (χ3v) is 6.72. The molecule has 0 unspecified atom stereocenters. The van der Waals surface area contributed by atoms with E-state index in [1.54, 1.807) is 18.2 Å². The quantitative estimate of drug-likeness (QED) is 0.307. The molecule has 0 amide bonds. The number of anilines is 1. The summed E-state index contributed by atoms with van der Waals surface area (Å²) in [6, 6.07) is 11.3. The number of nitrogen functional groups attached to an aromatic ring is 1. The van der Waals surface area contributed by atoms with Crippen molar-refractivity contribution in [2.75, 3.05) is 39.1 Å². The van der Waals surface area contributed by atoms with Crippen molar-refractivity contribution in [3.63, 3.8) is 0 Å². The topological polar surface area (TPSA) is 111 Å². The highest BCUT2D eigenvalue weighted by Gasteiger charge is 2.34. The highest BCUT2D eigenvalue weighted by atomic mass is 19.4. The number of aromatic nitrogens is 4. The number of nitrogens with one attached hydrogen (secondary N) is 1. The molecule has 2 aromatic heterocycles. The SMILES string of the molecule is COCCOc1nc(N)c2[nH]c(=O)n(Cc3ccc(-c4cccc(CN5CCCC5)c4)c(C(F)(F)F)c3)c2n1. The fourth-order valence-corrected chi connectivity index (χ4v) is 4.85. The van der Waals surface area contributed by atoms with Gasteiger partial charge in [-0.05, 0) is 60.3 Å². The number of likely N-dealkylation sites (tertiary alicyclic amines) is 1. The fourth-order valence-electron chi connectivity index (χ4n) is 4.85. The van der Waals surface area contributed by atoms with Crippen LogP contribution in [-0.2, 0) is 24.0 Å². The maximum Gasteiger partial charge on any atom is 0.417 e. The van der Waals surface area contributed by atoms with Gasteiger partial charge in [-0.1, -0.05) is 30.3 Å². The average Bonchev–Trinajstić information content (AvgIpc) is 3.52. The molecule has 0 atom stereocenters. The molecule has 4 aromatic rings. The summed E-state index contributed by atoms with van der Waals surface area (Å²) in [6.45, 7) is 2.99. The Kier molecular flexibility index (Phi) is 7.58. The number of imidazole rings is 1. The van der Waals surface area contributed by atoms with Crippen molar-refractivity contribution in [3.05, 3.63) is 69.6 Å². The molecule has 2 aromatic carbocycles. The number of methoxy groups -OCH3 is 1. The highest BCUT2D eigenvalue weighted by Crippen LogP contribution is 2.38. The second-order valence-corrected chi connectivity index (χ2v) is 9.51. The number of nitrogens with zero attached hydrogens (tertiary/aromatic N) is 4. The Morgan fingerprint density at radius 1 is 1.03 bits per heavy atom. The Morgan fingerprint density at radius 3 is 2.54 bits per heavy atom. The molecule has 0 saturated carbocycles. The summed E-state index contributed by atoms with van der Waals surface area (Å²) < 4.78 is 54.3. The molecule has 206 valence electrons. The van der Waals surface area contributed by atoms with E-state index in [4.69, 9.17) is 15.2 Å². The summed E-state index contributed by atoms with van der Waals surface area (Å²) in [5.74, 6) is -0.0107. The molecule has 0 spiro atoms. The number of hydrogen-bond acceptors (Lipinski definition) is 7. The number of aromatic amines is 1. The molecule has 1 saturated heterocycles. The zero-order chi connectivity index (χ0) is 27.6. The van der Waals surface area contributed by atoms with Crippen LogP contribution >= 0.6 is 0 Å². The first-order valence-electron chi connectivity index (χ1n) is 12.6. The van der Waals surface area contributed by atoms with Crippen LogP contribution in [0, 0.1) is 0 Å². The van der Waals surface area contributed by atoms with Crippen molar-refractivity contribution >= 4 is 17.0 Å². The number of ether oxygens (including phenoxy) is 2. The van der Waals surface area contributed by atoms with Crippen LogP contribution in [0.25, 0.3) is 22.3 Å². The Bertz CT molecular complexity index is 1530. The fraction of sp³-hybridized carbons (Fsp3) is 0.370. The van der Waals surface area contributed by atoms with Crippen molar-refractivity contribution in [2.24, 2.45) is 0 Å². The molecule has 1 aliphatic rings. The number of H-pyrrole nitrogens is 1. The molecule has 9 nitrogen and oxygen atoms in total. The van der Waals surface area contributed by atoms with Gasteiger partial charge in [-0.3, -0.25) is 9.47 Å². The predicted octanol–water partition coefficient (Wildman–Crippen LogP) is 4.06. The van der Waals surface area contributed by atoms with E-state index < -0.39 is 17.4 Å². The number of benzene rings is 2. The average molecular weight is 543 g/mol. The first-order valence-corrected chi connectivity index (χ1v) is 12.6. The number of hydrogen-bond donors (Lipinski definition) is 2. The molecule has 1 fully saturated rings. The van der Waals surface area contributed by atoms with E-state index in [0.717, 1.165) is 37.6 Å². The molecule has 3 heterocycles. The highest BCUT2D eigenvalue weighted by molar-refractivity contribution is 5.82. The lowest BCUT2D eigenvalue weighted by Crippen LogP contribution is -2.19. The van der Waals surface area contributed by atoms with Crippen LogP contribution in [0.1, 0.15) is 29.5 Å². The van der Waals surface area contributed by atoms with Crippen LogP contribution in [0.3, 0.4) is 0 Å². The number of halogens is 3. The van der Waals surface area contributed by atoms with Gasteiger partial charge in [0.1, 0.15) is 12.1 Å². The van der Waals surface area contributed by atoms with Crippen LogP contribution in [0.5, 0.6) is 6.01 Å². The smallest absolute Gasteiger partial charge is 0.417 e. The Balaban J connectivity index is 1.48. The molecule has 1 aliphatic heterocycles.